The molecule has 2 unspecified atom stereocenters. The van der Waals surface area contributed by atoms with Gasteiger partial charge in [0.25, 0.3) is 0 Å². The zero-order valence-electron chi connectivity index (χ0n) is 11.5. The maximum Gasteiger partial charge on any atom is 0.226 e. The van der Waals surface area contributed by atoms with E-state index in [-0.39, 0.29) is 9.74 Å². The van der Waals surface area contributed by atoms with E-state index in [2.05, 4.69) is 32.7 Å². The number of hydrogen-bond donors (Lipinski definition) is 1. The van der Waals surface area contributed by atoms with Gasteiger partial charge in [0.2, 0.25) is 5.91 Å². The Balaban J connectivity index is 1.51. The topological polar surface area (TPSA) is 29.1 Å². The van der Waals surface area contributed by atoms with Gasteiger partial charge < -0.3 is 5.32 Å². The molecule has 0 radical (unpaired) electrons. The Morgan fingerprint density at radius 1 is 1.35 bits per heavy atom. The molecule has 5 rings (SSSR count). The number of carbonyl (C=O) groups excluding carboxylic acids is 1. The van der Waals surface area contributed by atoms with Crippen molar-refractivity contribution in [3.8, 4) is 0 Å². The van der Waals surface area contributed by atoms with Gasteiger partial charge in [-0.05, 0) is 61.8 Å². The van der Waals surface area contributed by atoms with E-state index in [1.165, 1.54) is 24.1 Å². The zero-order chi connectivity index (χ0) is 13.8. The summed E-state index contributed by atoms with van der Waals surface area (Å²) < 4.78 is 0.261. The largest absolute Gasteiger partial charge is 0.351 e. The molecule has 2 nitrogen and oxygen atoms in total. The lowest BCUT2D eigenvalue weighted by Gasteiger charge is -2.59. The van der Waals surface area contributed by atoms with Crippen molar-refractivity contribution in [1.82, 2.24) is 5.32 Å². The minimum Gasteiger partial charge on any atom is -0.351 e. The maximum atomic E-state index is 12.8. The lowest BCUT2D eigenvalue weighted by Crippen LogP contribution is -2.58. The molecule has 4 saturated carbocycles. The van der Waals surface area contributed by atoms with Crippen LogP contribution in [0.1, 0.15) is 43.4 Å². The quantitative estimate of drug-likeness (QED) is 0.814. The third-order valence-electron chi connectivity index (χ3n) is 5.47. The van der Waals surface area contributed by atoms with Crippen LogP contribution in [0.15, 0.2) is 17.5 Å². The van der Waals surface area contributed by atoms with Crippen molar-refractivity contribution >= 4 is 33.2 Å². The predicted molar refractivity (Wildman–Crippen MR) is 84.9 cm³/mol. The Hall–Kier alpha value is -0.350. The van der Waals surface area contributed by atoms with E-state index in [1.807, 2.05) is 6.07 Å². The van der Waals surface area contributed by atoms with Gasteiger partial charge in [0.15, 0.2) is 0 Å². The average Bonchev–Trinajstić information content (AvgIpc) is 2.85. The molecular weight excluding hydrogens is 334 g/mol. The summed E-state index contributed by atoms with van der Waals surface area (Å²) in [5.74, 6) is 1.84. The number of nitrogens with one attached hydrogen (secondary N) is 1. The molecule has 4 aliphatic carbocycles. The molecule has 1 aromatic rings. The normalized spacial score (nSPS) is 41.9. The van der Waals surface area contributed by atoms with Crippen LogP contribution in [-0.2, 0) is 11.3 Å². The Kier molecular flexibility index (Phi) is 3.05. The Morgan fingerprint density at radius 3 is 2.70 bits per heavy atom. The molecule has 0 saturated heterocycles. The number of thiophene rings is 1. The van der Waals surface area contributed by atoms with Crippen LogP contribution in [0.25, 0.3) is 0 Å². The molecule has 0 aliphatic heterocycles. The zero-order valence-corrected chi connectivity index (χ0v) is 13.9. The van der Waals surface area contributed by atoms with Crippen LogP contribution in [0.5, 0.6) is 0 Å². The summed E-state index contributed by atoms with van der Waals surface area (Å²) in [6.45, 7) is 0.697. The molecule has 4 heteroatoms. The summed E-state index contributed by atoms with van der Waals surface area (Å²) in [7, 11) is 0. The monoisotopic (exact) mass is 353 g/mol. The van der Waals surface area contributed by atoms with Crippen molar-refractivity contribution in [2.45, 2.75) is 49.4 Å². The van der Waals surface area contributed by atoms with E-state index in [0.29, 0.717) is 12.5 Å². The summed E-state index contributed by atoms with van der Waals surface area (Å²) in [6, 6.07) is 4.14. The molecule has 1 heterocycles. The lowest BCUT2D eigenvalue weighted by molar-refractivity contribution is -0.144. The van der Waals surface area contributed by atoms with Gasteiger partial charge >= 0.3 is 0 Å². The Morgan fingerprint density at radius 2 is 2.10 bits per heavy atom. The van der Waals surface area contributed by atoms with Gasteiger partial charge in [0.1, 0.15) is 0 Å². The van der Waals surface area contributed by atoms with E-state index in [9.17, 15) is 4.79 Å². The van der Waals surface area contributed by atoms with Crippen LogP contribution < -0.4 is 5.32 Å². The molecule has 108 valence electrons. The summed E-state index contributed by atoms with van der Waals surface area (Å²) in [5, 5.41) is 5.28. The van der Waals surface area contributed by atoms with Crippen LogP contribution in [0.2, 0.25) is 0 Å². The smallest absolute Gasteiger partial charge is 0.226 e. The van der Waals surface area contributed by atoms with Crippen LogP contribution in [0.4, 0.5) is 0 Å². The number of alkyl halides is 1. The number of halogens is 1. The minimum absolute atomic E-state index is 0.0785. The van der Waals surface area contributed by atoms with Gasteiger partial charge in [-0.25, -0.2) is 0 Å². The van der Waals surface area contributed by atoms with E-state index in [1.54, 1.807) is 11.3 Å². The third kappa shape index (κ3) is 2.16. The lowest BCUT2D eigenvalue weighted by atomic mass is 9.49. The second-order valence-electron chi connectivity index (χ2n) is 7.15. The second-order valence-corrected chi connectivity index (χ2v) is 9.87. The van der Waals surface area contributed by atoms with Gasteiger partial charge in [-0.2, -0.15) is 0 Å². The molecule has 1 amide bonds. The first-order chi connectivity index (χ1) is 9.57. The van der Waals surface area contributed by atoms with Gasteiger partial charge in [-0.15, -0.1) is 11.3 Å². The van der Waals surface area contributed by atoms with E-state index < -0.39 is 0 Å². The molecule has 1 aromatic heterocycles. The van der Waals surface area contributed by atoms with Crippen LogP contribution in [0, 0.1) is 17.3 Å². The van der Waals surface area contributed by atoms with E-state index in [0.717, 1.165) is 31.1 Å². The highest BCUT2D eigenvalue weighted by molar-refractivity contribution is 9.10. The SMILES string of the molecule is O=C(NCc1cccs1)C12C[C@@H]3C[C@@H](CC(Br)(C3)C1)C2. The Bertz CT molecular complexity index is 513. The van der Waals surface area contributed by atoms with Crippen molar-refractivity contribution in [2.24, 2.45) is 17.3 Å². The fourth-order valence-corrected chi connectivity index (χ4v) is 7.28. The molecule has 0 spiro atoms. The fourth-order valence-electron chi connectivity index (χ4n) is 5.18. The first-order valence-corrected chi connectivity index (χ1v) is 9.24. The van der Waals surface area contributed by atoms with Crippen molar-refractivity contribution in [1.29, 1.82) is 0 Å². The summed E-state index contributed by atoms with van der Waals surface area (Å²) in [6.07, 6.45) is 7.20. The van der Waals surface area contributed by atoms with Gasteiger partial charge in [-0.1, -0.05) is 22.0 Å². The number of amides is 1. The third-order valence-corrected chi connectivity index (χ3v) is 7.28. The highest BCUT2D eigenvalue weighted by Crippen LogP contribution is 2.64. The van der Waals surface area contributed by atoms with Crippen molar-refractivity contribution in [3.05, 3.63) is 22.4 Å². The van der Waals surface area contributed by atoms with Gasteiger partial charge in [-0.3, -0.25) is 4.79 Å². The van der Waals surface area contributed by atoms with Gasteiger partial charge in [0.05, 0.1) is 12.0 Å². The van der Waals surface area contributed by atoms with Crippen LogP contribution in [-0.4, -0.2) is 10.2 Å². The van der Waals surface area contributed by atoms with E-state index in [4.69, 9.17) is 0 Å². The Labute approximate surface area is 132 Å². The number of carbonyl (C=O) groups is 1. The molecule has 1 N–H and O–H groups in total. The molecule has 4 atom stereocenters. The summed E-state index contributed by atoms with van der Waals surface area (Å²) in [4.78, 5) is 14.1. The molecule has 20 heavy (non-hydrogen) atoms. The number of rotatable bonds is 3. The van der Waals surface area contributed by atoms with Crippen molar-refractivity contribution in [2.75, 3.05) is 0 Å². The average molecular weight is 354 g/mol. The molecule has 4 aliphatic rings. The van der Waals surface area contributed by atoms with Crippen LogP contribution >= 0.6 is 27.3 Å². The predicted octanol–water partition coefficient (Wildman–Crippen LogP) is 4.10. The van der Waals surface area contributed by atoms with Crippen molar-refractivity contribution < 1.29 is 4.79 Å². The highest BCUT2D eigenvalue weighted by Gasteiger charge is 2.59. The second kappa shape index (κ2) is 4.57. The van der Waals surface area contributed by atoms with Gasteiger partial charge in [0, 0.05) is 9.20 Å². The van der Waals surface area contributed by atoms with E-state index >= 15 is 0 Å². The summed E-state index contributed by atoms with van der Waals surface area (Å²) >= 11 is 5.69. The summed E-state index contributed by atoms with van der Waals surface area (Å²) in [5.41, 5.74) is -0.0785. The first kappa shape index (κ1) is 13.3. The fraction of sp³-hybridized carbons (Fsp3) is 0.688. The minimum atomic E-state index is -0.0785. The first-order valence-electron chi connectivity index (χ1n) is 7.57. The van der Waals surface area contributed by atoms with Crippen LogP contribution in [0.3, 0.4) is 0 Å². The maximum absolute atomic E-state index is 12.8. The standard InChI is InChI=1S/C16H20BrNOS/c17-16-7-11-4-12(8-16)6-15(5-11,10-16)14(19)18-9-13-2-1-3-20-13/h1-3,11-12H,4-10H2,(H,18,19)/t11-,12+,15?,16?. The molecular formula is C16H20BrNOS. The van der Waals surface area contributed by atoms with Crippen molar-refractivity contribution in [3.63, 3.8) is 0 Å². The number of hydrogen-bond acceptors (Lipinski definition) is 2. The molecule has 0 aromatic carbocycles. The highest BCUT2D eigenvalue weighted by atomic mass is 79.9. The molecule has 4 bridgehead atoms. The molecule has 4 fully saturated rings.